The minimum absolute atomic E-state index is 0.182. The molecular formula is C25H27N3O5S. The van der Waals surface area contributed by atoms with Crippen LogP contribution in [0.4, 0.5) is 16.2 Å². The molecule has 2 N–H and O–H groups in total. The Hall–Kier alpha value is -3.43. The Morgan fingerprint density at radius 3 is 2.41 bits per heavy atom. The number of likely N-dealkylation sites (tertiary alicyclic amines) is 1. The number of nitrogens with zero attached hydrogens (tertiary/aromatic N) is 2. The monoisotopic (exact) mass is 481 g/mol. The largest absolute Gasteiger partial charge is 0.450 e. The van der Waals surface area contributed by atoms with Crippen molar-refractivity contribution in [2.24, 2.45) is 0 Å². The Morgan fingerprint density at radius 1 is 1.06 bits per heavy atom. The first-order valence-electron chi connectivity index (χ1n) is 11.2. The molecule has 4 rings (SSSR count). The Balaban J connectivity index is 1.49. The highest BCUT2D eigenvalue weighted by Gasteiger charge is 2.30. The lowest BCUT2D eigenvalue weighted by atomic mass is 10.0. The Kier molecular flexibility index (Phi) is 7.44. The highest BCUT2D eigenvalue weighted by Crippen LogP contribution is 2.30. The third-order valence-corrected chi connectivity index (χ3v) is 6.71. The molecule has 8 nitrogen and oxygen atoms in total. The lowest BCUT2D eigenvalue weighted by Crippen LogP contribution is -2.47. The van der Waals surface area contributed by atoms with E-state index < -0.39 is 11.3 Å². The van der Waals surface area contributed by atoms with E-state index in [1.165, 1.54) is 4.31 Å². The fraction of sp³-hybridized carbons (Fsp3) is 0.280. The molecular weight excluding hydrogens is 454 g/mol. The van der Waals surface area contributed by atoms with Crippen LogP contribution in [-0.4, -0.2) is 51.4 Å². The van der Waals surface area contributed by atoms with Crippen LogP contribution in [0.2, 0.25) is 0 Å². The van der Waals surface area contributed by atoms with Crippen molar-refractivity contribution in [1.29, 1.82) is 0 Å². The smallest absolute Gasteiger partial charge is 0.409 e. The summed E-state index contributed by atoms with van der Waals surface area (Å²) in [4.78, 5) is 26.0. The molecule has 1 aliphatic heterocycles. The van der Waals surface area contributed by atoms with Crippen molar-refractivity contribution >= 4 is 45.4 Å². The summed E-state index contributed by atoms with van der Waals surface area (Å²) < 4.78 is 28.8. The zero-order valence-electron chi connectivity index (χ0n) is 18.8. The van der Waals surface area contributed by atoms with Gasteiger partial charge in [-0.2, -0.15) is 0 Å². The second kappa shape index (κ2) is 10.7. The number of nitrogens with one attached hydrogen (secondary N) is 1. The van der Waals surface area contributed by atoms with Gasteiger partial charge in [0.25, 0.3) is 17.2 Å². The molecule has 3 aromatic carbocycles. The molecule has 34 heavy (non-hydrogen) atoms. The molecule has 0 radical (unpaired) electrons. The molecule has 178 valence electrons. The molecule has 0 aliphatic carbocycles. The lowest BCUT2D eigenvalue weighted by molar-refractivity contribution is 0.0975. The van der Waals surface area contributed by atoms with Gasteiger partial charge in [-0.15, -0.1) is 0 Å². The molecule has 0 aromatic heterocycles. The number of hydrogen-bond acceptors (Lipinski definition) is 4. The van der Waals surface area contributed by atoms with Crippen molar-refractivity contribution in [3.8, 4) is 0 Å². The summed E-state index contributed by atoms with van der Waals surface area (Å²) in [5.41, 5.74) is 1.88. The number of fused-ring (bicyclic) bond motifs is 1. The van der Waals surface area contributed by atoms with Crippen LogP contribution in [0.5, 0.6) is 0 Å². The van der Waals surface area contributed by atoms with Gasteiger partial charge in [-0.05, 0) is 66.9 Å². The summed E-state index contributed by atoms with van der Waals surface area (Å²) in [6.07, 6.45) is 0.778. The number of carbonyl (C=O) groups excluding carboxylic acids is 2. The highest BCUT2D eigenvalue weighted by molar-refractivity contribution is 7.80. The van der Waals surface area contributed by atoms with E-state index in [9.17, 15) is 18.4 Å². The average molecular weight is 482 g/mol. The fourth-order valence-corrected chi connectivity index (χ4v) is 4.93. The lowest BCUT2D eigenvalue weighted by Gasteiger charge is -2.37. The quantitative estimate of drug-likeness (QED) is 0.499. The number of amides is 2. The highest BCUT2D eigenvalue weighted by atomic mass is 32.2. The third kappa shape index (κ3) is 5.37. The zero-order valence-corrected chi connectivity index (χ0v) is 19.7. The van der Waals surface area contributed by atoms with E-state index in [0.29, 0.717) is 49.5 Å². The number of anilines is 2. The second-order valence-corrected chi connectivity index (χ2v) is 8.89. The van der Waals surface area contributed by atoms with Crippen LogP contribution in [0.3, 0.4) is 0 Å². The minimum Gasteiger partial charge on any atom is -0.450 e. The predicted molar refractivity (Wildman–Crippen MR) is 133 cm³/mol. The van der Waals surface area contributed by atoms with Gasteiger partial charge in [0, 0.05) is 30.4 Å². The molecule has 3 aromatic rings. The number of carbonyl (C=O) groups is 2. The maximum Gasteiger partial charge on any atom is 0.409 e. The minimum atomic E-state index is -2.21. The molecule has 1 atom stereocenters. The zero-order chi connectivity index (χ0) is 24.1. The van der Waals surface area contributed by atoms with Gasteiger partial charge in [0.05, 0.1) is 12.3 Å². The van der Waals surface area contributed by atoms with Gasteiger partial charge >= 0.3 is 6.09 Å². The summed E-state index contributed by atoms with van der Waals surface area (Å²) in [6.45, 7) is 3.02. The van der Waals surface area contributed by atoms with E-state index in [0.717, 1.165) is 10.8 Å². The Labute approximate surface area is 200 Å². The summed E-state index contributed by atoms with van der Waals surface area (Å²) in [5.74, 6) is -0.187. The van der Waals surface area contributed by atoms with Crippen molar-refractivity contribution in [3.63, 3.8) is 0 Å². The van der Waals surface area contributed by atoms with Crippen LogP contribution in [0.15, 0.2) is 66.7 Å². The number of ether oxygens (including phenoxy) is 1. The second-order valence-electron chi connectivity index (χ2n) is 8.04. The molecule has 9 heteroatoms. The van der Waals surface area contributed by atoms with E-state index in [1.807, 2.05) is 48.5 Å². The van der Waals surface area contributed by atoms with E-state index in [2.05, 4.69) is 5.32 Å². The van der Waals surface area contributed by atoms with Crippen LogP contribution in [0.25, 0.3) is 10.8 Å². The summed E-state index contributed by atoms with van der Waals surface area (Å²) in [6, 6.07) is 19.9. The van der Waals surface area contributed by atoms with Crippen molar-refractivity contribution in [3.05, 3.63) is 72.3 Å². The summed E-state index contributed by atoms with van der Waals surface area (Å²) in [7, 11) is 0. The number of benzene rings is 3. The number of piperidine rings is 1. The van der Waals surface area contributed by atoms with E-state index >= 15 is 0 Å². The van der Waals surface area contributed by atoms with E-state index in [-0.39, 0.29) is 18.0 Å². The van der Waals surface area contributed by atoms with Crippen molar-refractivity contribution in [1.82, 2.24) is 4.90 Å². The Morgan fingerprint density at radius 2 is 1.74 bits per heavy atom. The molecule has 1 unspecified atom stereocenters. The predicted octanol–water partition coefficient (Wildman–Crippen LogP) is 4.66. The molecule has 0 saturated carbocycles. The van der Waals surface area contributed by atoms with Crippen molar-refractivity contribution in [2.75, 3.05) is 29.3 Å². The van der Waals surface area contributed by atoms with Gasteiger partial charge in [0.1, 0.15) is 0 Å². The molecule has 1 saturated heterocycles. The average Bonchev–Trinajstić information content (AvgIpc) is 2.85. The van der Waals surface area contributed by atoms with Gasteiger partial charge in [-0.3, -0.25) is 13.7 Å². The maximum absolute atomic E-state index is 12.4. The first-order valence-corrected chi connectivity index (χ1v) is 12.2. The summed E-state index contributed by atoms with van der Waals surface area (Å²) in [5, 5.41) is 4.68. The summed E-state index contributed by atoms with van der Waals surface area (Å²) >= 11 is -2.21. The third-order valence-electron chi connectivity index (χ3n) is 5.86. The molecule has 1 fully saturated rings. The normalized spacial score (nSPS) is 15.1. The topological polar surface area (TPSA) is 99.2 Å². The molecule has 2 amide bonds. The van der Waals surface area contributed by atoms with Gasteiger partial charge in [-0.1, -0.05) is 30.3 Å². The van der Waals surface area contributed by atoms with Crippen LogP contribution >= 0.6 is 0 Å². The van der Waals surface area contributed by atoms with Crippen molar-refractivity contribution in [2.45, 2.75) is 25.8 Å². The standard InChI is InChI=1S/C25H27N3O5S/c1-2-33-25(30)27-14-12-22(13-15-27)28(34(31)32)23-11-9-19-16-21(10-8-20(19)17-23)26-24(29)18-6-4-3-5-7-18/h3-11,16-17,22H,2,12-15H2,1H3,(H,26,29)(H,31,32). The molecule has 1 aliphatic rings. The van der Waals surface area contributed by atoms with Gasteiger partial charge in [-0.25, -0.2) is 9.00 Å². The van der Waals surface area contributed by atoms with E-state index in [4.69, 9.17) is 4.74 Å². The first-order chi connectivity index (χ1) is 16.5. The fourth-order valence-electron chi connectivity index (χ4n) is 4.17. The number of rotatable bonds is 6. The molecule has 1 heterocycles. The van der Waals surface area contributed by atoms with Crippen LogP contribution in [0.1, 0.15) is 30.1 Å². The Bertz CT molecular complexity index is 1200. The maximum atomic E-state index is 12.4. The van der Waals surface area contributed by atoms with Crippen LogP contribution in [0, 0.1) is 0 Å². The van der Waals surface area contributed by atoms with Gasteiger partial charge in [0.2, 0.25) is 0 Å². The van der Waals surface area contributed by atoms with E-state index in [1.54, 1.807) is 30.0 Å². The molecule has 0 bridgehead atoms. The van der Waals surface area contributed by atoms with Gasteiger partial charge in [0.15, 0.2) is 0 Å². The number of hydrogen-bond donors (Lipinski definition) is 2. The van der Waals surface area contributed by atoms with Gasteiger partial charge < -0.3 is 15.0 Å². The SMILES string of the molecule is CCOC(=O)N1CCC(N(c2ccc3cc(NC(=O)c4ccccc4)ccc3c2)S(=O)O)CC1. The van der Waals surface area contributed by atoms with Crippen molar-refractivity contribution < 1.29 is 23.1 Å². The first kappa shape index (κ1) is 23.7. The molecule has 0 spiro atoms. The van der Waals surface area contributed by atoms with Crippen LogP contribution < -0.4 is 9.62 Å². The van der Waals surface area contributed by atoms with Crippen LogP contribution in [-0.2, 0) is 16.0 Å².